The van der Waals surface area contributed by atoms with Crippen molar-refractivity contribution in [3.63, 3.8) is 0 Å². The summed E-state index contributed by atoms with van der Waals surface area (Å²) in [6.45, 7) is 0.237. The number of aromatic nitrogens is 1. The number of fused-ring (bicyclic) bond motifs is 1. The molecule has 5 heteroatoms. The normalized spacial score (nSPS) is 11.0. The molecule has 0 amide bonds. The number of para-hydroxylation sites is 2. The van der Waals surface area contributed by atoms with Gasteiger partial charge < -0.3 is 9.52 Å². The summed E-state index contributed by atoms with van der Waals surface area (Å²) < 4.78 is 5.52. The molecule has 3 nitrogen and oxygen atoms in total. The monoisotopic (exact) mass is 241 g/mol. The molecule has 0 aliphatic carbocycles. The van der Waals surface area contributed by atoms with Crippen molar-refractivity contribution in [3.05, 3.63) is 24.3 Å². The van der Waals surface area contributed by atoms with E-state index in [0.29, 0.717) is 5.22 Å². The van der Waals surface area contributed by atoms with E-state index in [-0.39, 0.29) is 6.61 Å². The summed E-state index contributed by atoms with van der Waals surface area (Å²) >= 11 is 0. The molecule has 1 heterocycles. The number of rotatable bonds is 5. The minimum Gasteiger partial charge on any atom is -0.431 e. The van der Waals surface area contributed by atoms with Crippen molar-refractivity contribution in [2.45, 2.75) is 11.6 Å². The highest BCUT2D eigenvalue weighted by molar-refractivity contribution is 8.76. The summed E-state index contributed by atoms with van der Waals surface area (Å²) in [6.07, 6.45) is 0.803. The van der Waals surface area contributed by atoms with Crippen LogP contribution < -0.4 is 0 Å². The van der Waals surface area contributed by atoms with Crippen molar-refractivity contribution in [2.24, 2.45) is 0 Å². The molecule has 2 aromatic rings. The van der Waals surface area contributed by atoms with Crippen molar-refractivity contribution >= 4 is 32.7 Å². The smallest absolute Gasteiger partial charge is 0.267 e. The number of hydrogen-bond donors (Lipinski definition) is 1. The van der Waals surface area contributed by atoms with Gasteiger partial charge in [-0.1, -0.05) is 22.9 Å². The lowest BCUT2D eigenvalue weighted by atomic mass is 10.3. The van der Waals surface area contributed by atoms with Crippen LogP contribution in [0.1, 0.15) is 6.42 Å². The van der Waals surface area contributed by atoms with Crippen LogP contribution in [-0.2, 0) is 0 Å². The summed E-state index contributed by atoms with van der Waals surface area (Å²) in [5.41, 5.74) is 1.71. The predicted octanol–water partition coefficient (Wildman–Crippen LogP) is 2.95. The second-order valence-corrected chi connectivity index (χ2v) is 5.30. The van der Waals surface area contributed by atoms with E-state index in [1.165, 1.54) is 10.8 Å². The van der Waals surface area contributed by atoms with Crippen LogP contribution >= 0.6 is 21.6 Å². The molecular weight excluding hydrogens is 230 g/mol. The first-order valence-corrected chi connectivity index (χ1v) is 6.98. The van der Waals surface area contributed by atoms with Crippen molar-refractivity contribution in [1.82, 2.24) is 4.98 Å². The molecular formula is C10H11NO2S2. The van der Waals surface area contributed by atoms with Gasteiger partial charge in [-0.05, 0) is 18.6 Å². The molecule has 0 aliphatic rings. The average molecular weight is 241 g/mol. The Kier molecular flexibility index (Phi) is 3.94. The van der Waals surface area contributed by atoms with Crippen LogP contribution in [0.3, 0.4) is 0 Å². The second kappa shape index (κ2) is 5.44. The van der Waals surface area contributed by atoms with Crippen molar-refractivity contribution in [2.75, 3.05) is 12.4 Å². The average Bonchev–Trinajstić information content (AvgIpc) is 2.67. The van der Waals surface area contributed by atoms with E-state index in [0.717, 1.165) is 23.3 Å². The summed E-state index contributed by atoms with van der Waals surface area (Å²) in [5, 5.41) is 9.30. The lowest BCUT2D eigenvalue weighted by Crippen LogP contribution is -1.82. The molecule has 0 atom stereocenters. The Bertz CT molecular complexity index is 397. The largest absolute Gasteiger partial charge is 0.431 e. The van der Waals surface area contributed by atoms with Gasteiger partial charge in [-0.2, -0.15) is 0 Å². The van der Waals surface area contributed by atoms with Gasteiger partial charge in [0.25, 0.3) is 5.22 Å². The third-order valence-corrected chi connectivity index (χ3v) is 3.96. The molecule has 0 saturated heterocycles. The Labute approximate surface area is 95.7 Å². The number of benzene rings is 1. The Morgan fingerprint density at radius 2 is 2.20 bits per heavy atom. The zero-order valence-corrected chi connectivity index (χ0v) is 9.68. The molecule has 0 spiro atoms. The molecule has 0 aliphatic heterocycles. The van der Waals surface area contributed by atoms with Gasteiger partial charge in [0, 0.05) is 23.2 Å². The summed E-state index contributed by atoms with van der Waals surface area (Å²) in [7, 11) is 3.16. The molecule has 80 valence electrons. The first kappa shape index (κ1) is 10.9. The first-order chi connectivity index (χ1) is 7.40. The maximum atomic E-state index is 8.62. The molecule has 0 bridgehead atoms. The summed E-state index contributed by atoms with van der Waals surface area (Å²) in [4.78, 5) is 4.32. The second-order valence-electron chi connectivity index (χ2n) is 2.93. The SMILES string of the molecule is OCCCSSc1nc2ccccc2o1. The van der Waals surface area contributed by atoms with E-state index >= 15 is 0 Å². The number of hydrogen-bond acceptors (Lipinski definition) is 5. The Morgan fingerprint density at radius 3 is 3.00 bits per heavy atom. The van der Waals surface area contributed by atoms with Crippen LogP contribution in [0.2, 0.25) is 0 Å². The molecule has 0 saturated carbocycles. The molecule has 15 heavy (non-hydrogen) atoms. The highest BCUT2D eigenvalue weighted by atomic mass is 33.1. The maximum Gasteiger partial charge on any atom is 0.267 e. The molecule has 0 fully saturated rings. The van der Waals surface area contributed by atoms with Crippen LogP contribution in [0.5, 0.6) is 0 Å². The van der Waals surface area contributed by atoms with Crippen molar-refractivity contribution in [1.29, 1.82) is 0 Å². The van der Waals surface area contributed by atoms with Crippen LogP contribution in [0.15, 0.2) is 33.9 Å². The zero-order chi connectivity index (χ0) is 10.5. The van der Waals surface area contributed by atoms with Crippen molar-refractivity contribution in [3.8, 4) is 0 Å². The summed E-state index contributed by atoms with van der Waals surface area (Å²) in [6, 6.07) is 7.71. The fraction of sp³-hybridized carbons (Fsp3) is 0.300. The number of oxazole rings is 1. The molecule has 1 aromatic carbocycles. The van der Waals surface area contributed by atoms with E-state index in [9.17, 15) is 0 Å². The fourth-order valence-corrected chi connectivity index (χ4v) is 2.91. The van der Waals surface area contributed by atoms with E-state index < -0.39 is 0 Å². The topological polar surface area (TPSA) is 46.3 Å². The first-order valence-electron chi connectivity index (χ1n) is 4.66. The standard InChI is InChI=1S/C10H11NO2S2/c12-6-3-7-14-15-10-11-8-4-1-2-5-9(8)13-10/h1-2,4-5,12H,3,6-7H2. The quantitative estimate of drug-likeness (QED) is 0.644. The van der Waals surface area contributed by atoms with Gasteiger partial charge in [0.15, 0.2) is 5.58 Å². The minimum atomic E-state index is 0.237. The van der Waals surface area contributed by atoms with Gasteiger partial charge >= 0.3 is 0 Å². The lowest BCUT2D eigenvalue weighted by molar-refractivity contribution is 0.296. The molecule has 1 aromatic heterocycles. The Morgan fingerprint density at radius 1 is 1.33 bits per heavy atom. The zero-order valence-electron chi connectivity index (χ0n) is 8.05. The van der Waals surface area contributed by atoms with Gasteiger partial charge in [-0.3, -0.25) is 0 Å². The van der Waals surface area contributed by atoms with Crippen molar-refractivity contribution < 1.29 is 9.52 Å². The van der Waals surface area contributed by atoms with Gasteiger partial charge in [0.05, 0.1) is 0 Å². The molecule has 0 radical (unpaired) electrons. The van der Waals surface area contributed by atoms with Crippen LogP contribution in [0.25, 0.3) is 11.1 Å². The fourth-order valence-electron chi connectivity index (χ4n) is 1.10. The van der Waals surface area contributed by atoms with E-state index in [1.807, 2.05) is 24.3 Å². The highest BCUT2D eigenvalue weighted by Crippen LogP contribution is 2.32. The minimum absolute atomic E-state index is 0.237. The number of aliphatic hydroxyl groups is 1. The van der Waals surface area contributed by atoms with Gasteiger partial charge in [-0.15, -0.1) is 0 Å². The van der Waals surface area contributed by atoms with Gasteiger partial charge in [-0.25, -0.2) is 4.98 Å². The van der Waals surface area contributed by atoms with Gasteiger partial charge in [0.1, 0.15) is 5.52 Å². The maximum absolute atomic E-state index is 8.62. The molecule has 1 N–H and O–H groups in total. The van der Waals surface area contributed by atoms with Crippen LogP contribution in [0.4, 0.5) is 0 Å². The van der Waals surface area contributed by atoms with Crippen LogP contribution in [0, 0.1) is 0 Å². The Balaban J connectivity index is 1.97. The molecule has 0 unspecified atom stereocenters. The third-order valence-electron chi connectivity index (χ3n) is 1.79. The van der Waals surface area contributed by atoms with Crippen LogP contribution in [-0.4, -0.2) is 22.5 Å². The highest BCUT2D eigenvalue weighted by Gasteiger charge is 2.05. The molecule has 2 rings (SSSR count). The van der Waals surface area contributed by atoms with Gasteiger partial charge in [0.2, 0.25) is 0 Å². The number of nitrogens with zero attached hydrogens (tertiary/aromatic N) is 1. The van der Waals surface area contributed by atoms with E-state index in [4.69, 9.17) is 9.52 Å². The predicted molar refractivity (Wildman–Crippen MR) is 64.0 cm³/mol. The third kappa shape index (κ3) is 2.90. The number of aliphatic hydroxyl groups excluding tert-OH is 1. The van der Waals surface area contributed by atoms with E-state index in [2.05, 4.69) is 4.98 Å². The Hall–Kier alpha value is -0.650. The van der Waals surface area contributed by atoms with E-state index in [1.54, 1.807) is 10.8 Å². The lowest BCUT2D eigenvalue weighted by Gasteiger charge is -1.93. The summed E-state index contributed by atoms with van der Waals surface area (Å²) in [5.74, 6) is 0.903.